The van der Waals surface area contributed by atoms with Gasteiger partial charge in [-0.15, -0.1) is 0 Å². The van der Waals surface area contributed by atoms with Crippen molar-refractivity contribution in [3.8, 4) is 17.1 Å². The number of aromatic nitrogens is 2. The molecule has 0 saturated carbocycles. The first-order valence-electron chi connectivity index (χ1n) is 13.9. The van der Waals surface area contributed by atoms with Gasteiger partial charge in [0.1, 0.15) is 18.2 Å². The summed E-state index contributed by atoms with van der Waals surface area (Å²) in [5.74, 6) is -1.24. The van der Waals surface area contributed by atoms with Gasteiger partial charge >= 0.3 is 12.1 Å². The minimum absolute atomic E-state index is 0.0407. The molecule has 0 unspecified atom stereocenters. The number of carbonyl (C=O) groups excluding carboxylic acids is 2. The number of nitro benzene ring substituents is 1. The Morgan fingerprint density at radius 1 is 1.14 bits per heavy atom. The second-order valence-electron chi connectivity index (χ2n) is 10.9. The average Bonchev–Trinajstić information content (AvgIpc) is 3.36. The molecule has 0 fully saturated rings. The lowest BCUT2D eigenvalue weighted by Gasteiger charge is -2.35. The third-order valence-corrected chi connectivity index (χ3v) is 8.75. The van der Waals surface area contributed by atoms with Gasteiger partial charge in [0.25, 0.3) is 11.2 Å². The van der Waals surface area contributed by atoms with Crippen molar-refractivity contribution in [3.05, 3.63) is 96.1 Å². The van der Waals surface area contributed by atoms with Gasteiger partial charge in [0, 0.05) is 34.7 Å². The van der Waals surface area contributed by atoms with Crippen molar-refractivity contribution >= 4 is 28.7 Å². The Morgan fingerprint density at radius 2 is 1.88 bits per heavy atom. The highest BCUT2D eigenvalue weighted by molar-refractivity contribution is 5.93. The van der Waals surface area contributed by atoms with Crippen LogP contribution in [0.25, 0.3) is 22.3 Å². The monoisotopic (exact) mass is 585 g/mol. The van der Waals surface area contributed by atoms with Gasteiger partial charge in [0.05, 0.1) is 33.9 Å². The molecule has 2 aromatic carbocycles. The van der Waals surface area contributed by atoms with E-state index in [0.717, 1.165) is 53.5 Å². The van der Waals surface area contributed by atoms with Gasteiger partial charge in [-0.2, -0.15) is 0 Å². The number of carbonyl (C=O) groups is 2. The maximum atomic E-state index is 14.9. The van der Waals surface area contributed by atoms with Crippen molar-refractivity contribution in [1.29, 1.82) is 0 Å². The Bertz CT molecular complexity index is 1980. The van der Waals surface area contributed by atoms with E-state index < -0.39 is 28.2 Å². The van der Waals surface area contributed by atoms with Crippen LogP contribution in [0.15, 0.2) is 41.2 Å². The van der Waals surface area contributed by atoms with E-state index in [1.807, 2.05) is 0 Å². The molecule has 4 aromatic rings. The van der Waals surface area contributed by atoms with Crippen LogP contribution in [0.2, 0.25) is 0 Å². The number of pyridine rings is 2. The number of benzene rings is 2. The van der Waals surface area contributed by atoms with Crippen LogP contribution in [0.1, 0.15) is 53.1 Å². The van der Waals surface area contributed by atoms with Gasteiger partial charge < -0.3 is 18.8 Å². The van der Waals surface area contributed by atoms with E-state index in [2.05, 4.69) is 0 Å². The lowest BCUT2D eigenvalue weighted by Crippen LogP contribution is -2.47. The lowest BCUT2D eigenvalue weighted by molar-refractivity contribution is -0.384. The van der Waals surface area contributed by atoms with Crippen molar-refractivity contribution < 1.29 is 33.1 Å². The molecule has 0 N–H and O–H groups in total. The van der Waals surface area contributed by atoms with E-state index in [-0.39, 0.29) is 48.0 Å². The van der Waals surface area contributed by atoms with E-state index in [1.54, 1.807) is 24.5 Å². The van der Waals surface area contributed by atoms with Crippen LogP contribution in [-0.2, 0) is 45.9 Å². The molecule has 4 heterocycles. The molecule has 0 spiro atoms. The van der Waals surface area contributed by atoms with Crippen molar-refractivity contribution in [1.82, 2.24) is 9.55 Å². The van der Waals surface area contributed by atoms with Gasteiger partial charge in [-0.1, -0.05) is 6.92 Å². The number of hydrogen-bond acceptors (Lipinski definition) is 9. The third-order valence-electron chi connectivity index (χ3n) is 8.75. The van der Waals surface area contributed by atoms with E-state index in [9.17, 15) is 28.9 Å². The van der Waals surface area contributed by atoms with Gasteiger partial charge in [-0.3, -0.25) is 14.9 Å². The molecule has 11 nitrogen and oxygen atoms in total. The molecule has 7 rings (SSSR count). The maximum Gasteiger partial charge on any atom is 0.515 e. The average molecular weight is 586 g/mol. The lowest BCUT2D eigenvalue weighted by atomic mass is 9.84. The highest BCUT2D eigenvalue weighted by Crippen LogP contribution is 2.44. The van der Waals surface area contributed by atoms with Crippen molar-refractivity contribution in [3.63, 3.8) is 0 Å². The topological polar surface area (TPSA) is 140 Å². The largest absolute Gasteiger partial charge is 0.515 e. The van der Waals surface area contributed by atoms with Crippen LogP contribution >= 0.6 is 0 Å². The van der Waals surface area contributed by atoms with Gasteiger partial charge in [-0.05, 0) is 67.5 Å². The van der Waals surface area contributed by atoms with E-state index in [1.165, 1.54) is 18.2 Å². The van der Waals surface area contributed by atoms with Crippen molar-refractivity contribution in [2.24, 2.45) is 0 Å². The molecule has 1 aliphatic carbocycles. The summed E-state index contributed by atoms with van der Waals surface area (Å²) in [7, 11) is 0. The van der Waals surface area contributed by atoms with Crippen LogP contribution in [0.3, 0.4) is 0 Å². The molecular weight excluding hydrogens is 561 g/mol. The van der Waals surface area contributed by atoms with Gasteiger partial charge in [0.2, 0.25) is 5.60 Å². The Hall–Kier alpha value is -5.13. The summed E-state index contributed by atoms with van der Waals surface area (Å²) in [4.78, 5) is 55.3. The van der Waals surface area contributed by atoms with E-state index in [4.69, 9.17) is 19.2 Å². The highest BCUT2D eigenvalue weighted by Gasteiger charge is 2.51. The number of nitro groups is 1. The second kappa shape index (κ2) is 9.45. The third kappa shape index (κ3) is 3.85. The first kappa shape index (κ1) is 26.7. The molecule has 0 bridgehead atoms. The Balaban J connectivity index is 1.34. The van der Waals surface area contributed by atoms with E-state index in [0.29, 0.717) is 22.5 Å². The zero-order chi connectivity index (χ0) is 30.2. The number of non-ortho nitro benzene ring substituents is 1. The summed E-state index contributed by atoms with van der Waals surface area (Å²) in [6, 6.07) is 7.81. The van der Waals surface area contributed by atoms with Gasteiger partial charge in [-0.25, -0.2) is 19.0 Å². The number of cyclic esters (lactones) is 1. The number of nitrogens with zero attached hydrogens (tertiary/aromatic N) is 3. The number of hydrogen-bond donors (Lipinski definition) is 0. The number of halogens is 1. The van der Waals surface area contributed by atoms with Gasteiger partial charge in [0.15, 0.2) is 0 Å². The quantitative estimate of drug-likeness (QED) is 0.121. The molecule has 43 heavy (non-hydrogen) atoms. The smallest absolute Gasteiger partial charge is 0.457 e. The SMILES string of the molecule is CC[C@@]1(OC(=O)Oc2ccc([N+](=O)[O-])cc2)C(=O)OCc2c1cc1n(c2=O)Cc2c-1nc1cc(F)c(C)c3c1c2CCC3. The maximum absolute atomic E-state index is 14.9. The first-order valence-corrected chi connectivity index (χ1v) is 13.9. The molecule has 0 saturated heterocycles. The predicted molar refractivity (Wildman–Crippen MR) is 149 cm³/mol. The highest BCUT2D eigenvalue weighted by atomic mass is 19.1. The standard InChI is InChI=1S/C31H24FN3O8/c1-3-31(43-30(38)42-17-9-7-16(8-10-17)35(39)40)22-11-25-27-20(13-34(25)28(36)21(22)14-41-29(31)37)19-6-4-5-18-15(2)23(32)12-24(33-27)26(18)19/h7-12H,3-6,13-14H2,1-2H3/t31-/m0/s1. The first-order chi connectivity index (χ1) is 20.6. The fourth-order valence-electron chi connectivity index (χ4n) is 6.57. The molecular formula is C31H24FN3O8. The summed E-state index contributed by atoms with van der Waals surface area (Å²) < 4.78 is 32.7. The Kier molecular flexibility index (Phi) is 5.88. The number of esters is 1. The number of aryl methyl sites for hydroxylation is 2. The van der Waals surface area contributed by atoms with Crippen LogP contribution < -0.4 is 10.3 Å². The number of rotatable bonds is 4. The summed E-state index contributed by atoms with van der Waals surface area (Å²) >= 11 is 0. The molecule has 12 heteroatoms. The Morgan fingerprint density at radius 3 is 2.60 bits per heavy atom. The number of ether oxygens (including phenoxy) is 3. The van der Waals surface area contributed by atoms with Crippen LogP contribution in [-0.4, -0.2) is 26.6 Å². The Labute approximate surface area is 243 Å². The molecule has 0 radical (unpaired) electrons. The summed E-state index contributed by atoms with van der Waals surface area (Å²) in [6.07, 6.45) is 1.03. The summed E-state index contributed by atoms with van der Waals surface area (Å²) in [5.41, 5.74) is 2.68. The summed E-state index contributed by atoms with van der Waals surface area (Å²) in [6.45, 7) is 3.34. The molecule has 218 valence electrons. The molecule has 2 aromatic heterocycles. The van der Waals surface area contributed by atoms with E-state index >= 15 is 0 Å². The normalized spacial score (nSPS) is 18.0. The van der Waals surface area contributed by atoms with Crippen LogP contribution in [0.5, 0.6) is 5.75 Å². The number of fused-ring (bicyclic) bond motifs is 5. The fourth-order valence-corrected chi connectivity index (χ4v) is 6.57. The summed E-state index contributed by atoms with van der Waals surface area (Å²) in [5, 5.41) is 11.9. The van der Waals surface area contributed by atoms with Crippen LogP contribution in [0.4, 0.5) is 14.9 Å². The minimum atomic E-state index is -2.00. The molecule has 2 aliphatic heterocycles. The van der Waals surface area contributed by atoms with Crippen molar-refractivity contribution in [2.45, 2.75) is 58.3 Å². The predicted octanol–water partition coefficient (Wildman–Crippen LogP) is 5.15. The molecule has 1 atom stereocenters. The minimum Gasteiger partial charge on any atom is -0.457 e. The molecule has 0 amide bonds. The molecule has 3 aliphatic rings. The fraction of sp³-hybridized carbons (Fsp3) is 0.290. The van der Waals surface area contributed by atoms with Crippen LogP contribution in [0, 0.1) is 22.9 Å². The zero-order valence-corrected chi connectivity index (χ0v) is 23.2. The van der Waals surface area contributed by atoms with Crippen molar-refractivity contribution in [2.75, 3.05) is 0 Å². The zero-order valence-electron chi connectivity index (χ0n) is 23.2. The second-order valence-corrected chi connectivity index (χ2v) is 10.9.